The molecule has 4 nitrogen and oxygen atoms in total. The van der Waals surface area contributed by atoms with Crippen molar-refractivity contribution in [3.05, 3.63) is 0 Å². The van der Waals surface area contributed by atoms with Gasteiger partial charge in [0.25, 0.3) is 0 Å². The van der Waals surface area contributed by atoms with Crippen molar-refractivity contribution in [3.8, 4) is 0 Å². The number of hydrogen-bond acceptors (Lipinski definition) is 2. The quantitative estimate of drug-likeness (QED) is 0.120. The summed E-state index contributed by atoms with van der Waals surface area (Å²) in [6.45, 7) is 6.63. The Hall–Kier alpha value is -1.06. The topological polar surface area (TPSA) is 74.6 Å². The lowest BCUT2D eigenvalue weighted by Crippen LogP contribution is -2.39. The Balaban J connectivity index is 5.22. The fraction of sp³-hybridized carbons (Fsp3) is 0.933. The minimum atomic E-state index is -0.801. The Labute approximate surface area is 211 Å². The molecule has 2 N–H and O–H groups in total. The van der Waals surface area contributed by atoms with Crippen LogP contribution in [0.2, 0.25) is 0 Å². The molecule has 4 heteroatoms. The first kappa shape index (κ1) is 32.9. The molecule has 0 aliphatic rings. The molecule has 2 unspecified atom stereocenters. The van der Waals surface area contributed by atoms with E-state index in [0.29, 0.717) is 19.3 Å². The van der Waals surface area contributed by atoms with Gasteiger partial charge >= 0.3 is 11.9 Å². The third kappa shape index (κ3) is 15.8. The Bertz CT molecular complexity index is 490. The summed E-state index contributed by atoms with van der Waals surface area (Å²) in [5, 5.41) is 19.9. The van der Waals surface area contributed by atoms with Crippen molar-refractivity contribution in [1.29, 1.82) is 0 Å². The predicted octanol–water partition coefficient (Wildman–Crippen LogP) is 9.79. The summed E-state index contributed by atoms with van der Waals surface area (Å²) in [6.07, 6.45) is 23.9. The van der Waals surface area contributed by atoms with E-state index in [0.717, 1.165) is 51.4 Å². The molecular formula is C30H58O4. The summed E-state index contributed by atoms with van der Waals surface area (Å²) in [4.78, 5) is 24.3. The van der Waals surface area contributed by atoms with E-state index in [-0.39, 0.29) is 12.3 Å². The van der Waals surface area contributed by atoms with Gasteiger partial charge in [-0.15, -0.1) is 0 Å². The van der Waals surface area contributed by atoms with Crippen molar-refractivity contribution in [3.63, 3.8) is 0 Å². The standard InChI is InChI=1S/C30H58O4/c1-4-7-10-13-15-16-18-21-26-30(29(33)34,25-20-17-14-11-8-5-2)27(23-24-28(31)32)22-19-12-9-6-3/h27H,4-26H2,1-3H3,(H,31,32)(H,33,34). The van der Waals surface area contributed by atoms with Gasteiger partial charge in [0.15, 0.2) is 0 Å². The van der Waals surface area contributed by atoms with Crippen LogP contribution in [0.1, 0.15) is 168 Å². The molecule has 0 aromatic carbocycles. The zero-order valence-corrected chi connectivity index (χ0v) is 23.1. The van der Waals surface area contributed by atoms with E-state index in [1.807, 2.05) is 0 Å². The molecule has 0 saturated heterocycles. The molecule has 0 radical (unpaired) electrons. The van der Waals surface area contributed by atoms with Gasteiger partial charge in [-0.3, -0.25) is 9.59 Å². The minimum Gasteiger partial charge on any atom is -0.481 e. The third-order valence-corrected chi connectivity index (χ3v) is 7.77. The van der Waals surface area contributed by atoms with Gasteiger partial charge in [-0.25, -0.2) is 0 Å². The van der Waals surface area contributed by atoms with Gasteiger partial charge in [0.2, 0.25) is 0 Å². The molecule has 0 saturated carbocycles. The van der Waals surface area contributed by atoms with Crippen LogP contribution in [0.15, 0.2) is 0 Å². The van der Waals surface area contributed by atoms with Crippen LogP contribution in [0.3, 0.4) is 0 Å². The second-order valence-electron chi connectivity index (χ2n) is 10.7. The molecule has 0 bridgehead atoms. The van der Waals surface area contributed by atoms with Gasteiger partial charge < -0.3 is 10.2 Å². The first-order valence-corrected chi connectivity index (χ1v) is 14.9. The molecule has 0 heterocycles. The van der Waals surface area contributed by atoms with Crippen molar-refractivity contribution >= 4 is 11.9 Å². The number of carbonyl (C=O) groups is 2. The molecular weight excluding hydrogens is 424 g/mol. The molecule has 0 aromatic heterocycles. The zero-order valence-electron chi connectivity index (χ0n) is 23.1. The van der Waals surface area contributed by atoms with Crippen LogP contribution in [0, 0.1) is 11.3 Å². The van der Waals surface area contributed by atoms with E-state index < -0.39 is 17.4 Å². The highest BCUT2D eigenvalue weighted by Gasteiger charge is 2.44. The molecule has 0 spiro atoms. The molecule has 0 aliphatic carbocycles. The average Bonchev–Trinajstić information content (AvgIpc) is 2.81. The number of rotatable bonds is 26. The Morgan fingerprint density at radius 2 is 0.941 bits per heavy atom. The Morgan fingerprint density at radius 1 is 0.559 bits per heavy atom. The van der Waals surface area contributed by atoms with Crippen LogP contribution in [-0.4, -0.2) is 22.2 Å². The Morgan fingerprint density at radius 3 is 1.32 bits per heavy atom. The summed E-state index contributed by atoms with van der Waals surface area (Å²) in [6, 6.07) is 0. The maximum Gasteiger partial charge on any atom is 0.309 e. The molecule has 34 heavy (non-hydrogen) atoms. The molecule has 2 atom stereocenters. The van der Waals surface area contributed by atoms with Gasteiger partial charge in [0.05, 0.1) is 5.41 Å². The third-order valence-electron chi connectivity index (χ3n) is 7.77. The van der Waals surface area contributed by atoms with E-state index >= 15 is 0 Å². The second kappa shape index (κ2) is 22.4. The van der Waals surface area contributed by atoms with Crippen molar-refractivity contribution in [2.45, 2.75) is 168 Å². The van der Waals surface area contributed by atoms with Crippen LogP contribution < -0.4 is 0 Å². The summed E-state index contributed by atoms with van der Waals surface area (Å²) in [5.74, 6) is -1.50. The van der Waals surface area contributed by atoms with Crippen LogP contribution in [0.4, 0.5) is 0 Å². The van der Waals surface area contributed by atoms with Gasteiger partial charge in [0, 0.05) is 6.42 Å². The van der Waals surface area contributed by atoms with E-state index in [1.54, 1.807) is 0 Å². The highest BCUT2D eigenvalue weighted by Crippen LogP contribution is 2.44. The number of aliphatic carboxylic acids is 2. The largest absolute Gasteiger partial charge is 0.481 e. The number of unbranched alkanes of at least 4 members (excludes halogenated alkanes) is 15. The van der Waals surface area contributed by atoms with Gasteiger partial charge in [0.1, 0.15) is 0 Å². The van der Waals surface area contributed by atoms with Gasteiger partial charge in [-0.1, -0.05) is 136 Å². The predicted molar refractivity (Wildman–Crippen MR) is 144 cm³/mol. The van der Waals surface area contributed by atoms with Gasteiger partial charge in [-0.2, -0.15) is 0 Å². The summed E-state index contributed by atoms with van der Waals surface area (Å²) in [5.41, 5.74) is -0.755. The van der Waals surface area contributed by atoms with E-state index in [1.165, 1.54) is 70.6 Å². The fourth-order valence-corrected chi connectivity index (χ4v) is 5.53. The van der Waals surface area contributed by atoms with E-state index in [9.17, 15) is 19.8 Å². The normalized spacial score (nSPS) is 14.1. The first-order valence-electron chi connectivity index (χ1n) is 14.9. The van der Waals surface area contributed by atoms with E-state index in [2.05, 4.69) is 20.8 Å². The summed E-state index contributed by atoms with van der Waals surface area (Å²) < 4.78 is 0. The monoisotopic (exact) mass is 482 g/mol. The lowest BCUT2D eigenvalue weighted by atomic mass is 9.65. The van der Waals surface area contributed by atoms with Crippen molar-refractivity contribution < 1.29 is 19.8 Å². The smallest absolute Gasteiger partial charge is 0.309 e. The van der Waals surface area contributed by atoms with Crippen LogP contribution >= 0.6 is 0 Å². The zero-order chi connectivity index (χ0) is 25.5. The second-order valence-corrected chi connectivity index (χ2v) is 10.7. The van der Waals surface area contributed by atoms with Crippen LogP contribution in [0.25, 0.3) is 0 Å². The number of carboxylic acids is 2. The molecule has 0 fully saturated rings. The maximum absolute atomic E-state index is 12.9. The minimum absolute atomic E-state index is 0.0295. The number of hydrogen-bond donors (Lipinski definition) is 2. The van der Waals surface area contributed by atoms with Crippen molar-refractivity contribution in [2.75, 3.05) is 0 Å². The van der Waals surface area contributed by atoms with Crippen molar-refractivity contribution in [1.82, 2.24) is 0 Å². The first-order chi connectivity index (χ1) is 16.4. The average molecular weight is 483 g/mol. The molecule has 0 rings (SSSR count). The number of carboxylic acid groups (broad SMARTS) is 2. The molecule has 0 aliphatic heterocycles. The van der Waals surface area contributed by atoms with Crippen LogP contribution in [-0.2, 0) is 9.59 Å². The van der Waals surface area contributed by atoms with Gasteiger partial charge in [-0.05, 0) is 31.6 Å². The lowest BCUT2D eigenvalue weighted by molar-refractivity contribution is -0.156. The van der Waals surface area contributed by atoms with Crippen molar-refractivity contribution in [2.24, 2.45) is 11.3 Å². The fourth-order valence-electron chi connectivity index (χ4n) is 5.53. The highest BCUT2D eigenvalue weighted by atomic mass is 16.4. The summed E-state index contributed by atoms with van der Waals surface area (Å²) >= 11 is 0. The van der Waals surface area contributed by atoms with E-state index in [4.69, 9.17) is 0 Å². The highest BCUT2D eigenvalue weighted by molar-refractivity contribution is 5.75. The Kier molecular flexibility index (Phi) is 21.7. The summed E-state index contributed by atoms with van der Waals surface area (Å²) in [7, 11) is 0. The molecule has 0 aromatic rings. The van der Waals surface area contributed by atoms with Crippen LogP contribution in [0.5, 0.6) is 0 Å². The molecule has 202 valence electrons. The molecule has 0 amide bonds. The lowest BCUT2D eigenvalue weighted by Gasteiger charge is -2.38. The maximum atomic E-state index is 12.9. The SMILES string of the molecule is CCCCCCCCCCC(CCCCCCCC)(C(=O)O)C(CCCCCC)CCC(=O)O.